The summed E-state index contributed by atoms with van der Waals surface area (Å²) < 4.78 is 5.60. The van der Waals surface area contributed by atoms with E-state index in [1.807, 2.05) is 20.8 Å². The van der Waals surface area contributed by atoms with E-state index in [0.29, 0.717) is 5.92 Å². The number of benzene rings is 1. The lowest BCUT2D eigenvalue weighted by molar-refractivity contribution is -0.0108. The van der Waals surface area contributed by atoms with Crippen LogP contribution in [0.2, 0.25) is 0 Å². The Balaban J connectivity index is 3.00. The van der Waals surface area contributed by atoms with E-state index in [1.54, 1.807) is 12.1 Å². The third-order valence-corrected chi connectivity index (χ3v) is 3.28. The predicted octanol–water partition coefficient (Wildman–Crippen LogP) is 4.00. The molecule has 0 aliphatic heterocycles. The number of esters is 1. The lowest BCUT2D eigenvalue weighted by Gasteiger charge is -2.31. The van der Waals surface area contributed by atoms with E-state index in [1.165, 1.54) is 12.1 Å². The molecule has 1 N–H and O–H groups in total. The van der Waals surface area contributed by atoms with Crippen molar-refractivity contribution in [3.63, 3.8) is 0 Å². The van der Waals surface area contributed by atoms with E-state index in [0.717, 1.165) is 6.42 Å². The van der Waals surface area contributed by atoms with Gasteiger partial charge in [-0.25, -0.2) is 9.59 Å². The molecule has 21 heavy (non-hydrogen) atoms. The second kappa shape index (κ2) is 6.74. The van der Waals surface area contributed by atoms with Crippen molar-refractivity contribution in [2.45, 2.75) is 47.1 Å². The Morgan fingerprint density at radius 2 is 1.67 bits per heavy atom. The van der Waals surface area contributed by atoms with Gasteiger partial charge in [0.05, 0.1) is 11.1 Å². The SMILES string of the molecule is CC(C)CC(OC(=O)c1ccccc1C(=O)O)C(C)(C)C. The molecule has 1 rings (SSSR count). The molecular formula is C17H24O4. The maximum absolute atomic E-state index is 12.3. The minimum atomic E-state index is -1.13. The molecule has 0 heterocycles. The molecule has 0 saturated carbocycles. The minimum absolute atomic E-state index is 0.0280. The lowest BCUT2D eigenvalue weighted by atomic mass is 9.84. The first-order valence-corrected chi connectivity index (χ1v) is 7.16. The zero-order valence-electron chi connectivity index (χ0n) is 13.3. The first-order chi connectivity index (χ1) is 9.62. The molecule has 4 nitrogen and oxygen atoms in total. The van der Waals surface area contributed by atoms with Gasteiger partial charge in [-0.1, -0.05) is 46.8 Å². The van der Waals surface area contributed by atoms with Gasteiger partial charge in [0.25, 0.3) is 0 Å². The number of rotatable bonds is 5. The van der Waals surface area contributed by atoms with E-state index in [4.69, 9.17) is 9.84 Å². The third-order valence-electron chi connectivity index (χ3n) is 3.28. The van der Waals surface area contributed by atoms with Crippen LogP contribution in [0.5, 0.6) is 0 Å². The van der Waals surface area contributed by atoms with Crippen LogP contribution in [0, 0.1) is 11.3 Å². The molecule has 0 aromatic heterocycles. The van der Waals surface area contributed by atoms with Crippen LogP contribution >= 0.6 is 0 Å². The van der Waals surface area contributed by atoms with E-state index in [2.05, 4.69) is 13.8 Å². The van der Waals surface area contributed by atoms with Gasteiger partial charge in [-0.15, -0.1) is 0 Å². The minimum Gasteiger partial charge on any atom is -0.478 e. The number of ether oxygens (including phenoxy) is 1. The van der Waals surface area contributed by atoms with Gasteiger partial charge >= 0.3 is 11.9 Å². The molecule has 0 aliphatic rings. The smallest absolute Gasteiger partial charge is 0.339 e. The van der Waals surface area contributed by atoms with E-state index in [-0.39, 0.29) is 22.6 Å². The van der Waals surface area contributed by atoms with Crippen molar-refractivity contribution in [2.24, 2.45) is 11.3 Å². The standard InChI is InChI=1S/C17H24O4/c1-11(2)10-14(17(3,4)5)21-16(20)13-9-7-6-8-12(13)15(18)19/h6-9,11,14H,10H2,1-5H3,(H,18,19). The van der Waals surface area contributed by atoms with E-state index >= 15 is 0 Å². The fraction of sp³-hybridized carbons (Fsp3) is 0.529. The number of carbonyl (C=O) groups excluding carboxylic acids is 1. The van der Waals surface area contributed by atoms with Crippen LogP contribution in [0.4, 0.5) is 0 Å². The zero-order chi connectivity index (χ0) is 16.2. The molecule has 0 fully saturated rings. The molecule has 1 atom stereocenters. The molecule has 0 spiro atoms. The first kappa shape index (κ1) is 17.2. The second-order valence-electron chi connectivity index (χ2n) is 6.74. The Morgan fingerprint density at radius 1 is 1.14 bits per heavy atom. The number of aromatic carboxylic acids is 1. The fourth-order valence-corrected chi connectivity index (χ4v) is 2.05. The van der Waals surface area contributed by atoms with Gasteiger partial charge in [-0.3, -0.25) is 0 Å². The van der Waals surface area contributed by atoms with Crippen molar-refractivity contribution in [1.29, 1.82) is 0 Å². The first-order valence-electron chi connectivity index (χ1n) is 7.16. The maximum atomic E-state index is 12.3. The van der Waals surface area contributed by atoms with Gasteiger partial charge < -0.3 is 9.84 Å². The number of carbonyl (C=O) groups is 2. The average molecular weight is 292 g/mol. The molecular weight excluding hydrogens is 268 g/mol. The molecule has 116 valence electrons. The van der Waals surface area contributed by atoms with Crippen LogP contribution in [0.15, 0.2) is 24.3 Å². The van der Waals surface area contributed by atoms with Gasteiger partial charge in [0.1, 0.15) is 6.10 Å². The summed E-state index contributed by atoms with van der Waals surface area (Å²) in [6.07, 6.45) is 0.483. The summed E-state index contributed by atoms with van der Waals surface area (Å²) in [4.78, 5) is 23.5. The third kappa shape index (κ3) is 4.88. The van der Waals surface area contributed by atoms with Gasteiger partial charge in [-0.05, 0) is 29.9 Å². The Labute approximate surface area is 126 Å². The van der Waals surface area contributed by atoms with Gasteiger partial charge in [0.2, 0.25) is 0 Å². The van der Waals surface area contributed by atoms with E-state index < -0.39 is 11.9 Å². The summed E-state index contributed by atoms with van der Waals surface area (Å²) in [5, 5.41) is 9.15. The van der Waals surface area contributed by atoms with Gasteiger partial charge in [0.15, 0.2) is 0 Å². The lowest BCUT2D eigenvalue weighted by Crippen LogP contribution is -2.33. The fourth-order valence-electron chi connectivity index (χ4n) is 2.05. The highest BCUT2D eigenvalue weighted by atomic mass is 16.5. The highest BCUT2D eigenvalue weighted by molar-refractivity contribution is 6.02. The Morgan fingerprint density at radius 3 is 2.10 bits per heavy atom. The quantitative estimate of drug-likeness (QED) is 0.833. The van der Waals surface area contributed by atoms with Crippen LogP contribution in [-0.4, -0.2) is 23.1 Å². The van der Waals surface area contributed by atoms with Crippen LogP contribution in [0.3, 0.4) is 0 Å². The van der Waals surface area contributed by atoms with Crippen LogP contribution in [0.1, 0.15) is 61.8 Å². The summed E-state index contributed by atoms with van der Waals surface area (Å²) in [5.74, 6) is -1.32. The topological polar surface area (TPSA) is 63.6 Å². The van der Waals surface area contributed by atoms with Gasteiger partial charge in [0, 0.05) is 0 Å². The number of carboxylic acid groups (broad SMARTS) is 1. The molecule has 0 bridgehead atoms. The summed E-state index contributed by atoms with van der Waals surface area (Å²) in [6.45, 7) is 10.2. The monoisotopic (exact) mass is 292 g/mol. The van der Waals surface area contributed by atoms with E-state index in [9.17, 15) is 9.59 Å². The molecule has 0 saturated heterocycles. The van der Waals surface area contributed by atoms with Crippen molar-refractivity contribution in [3.05, 3.63) is 35.4 Å². The van der Waals surface area contributed by atoms with Crippen molar-refractivity contribution in [2.75, 3.05) is 0 Å². The molecule has 0 radical (unpaired) electrons. The summed E-state index contributed by atoms with van der Waals surface area (Å²) in [6, 6.07) is 6.13. The maximum Gasteiger partial charge on any atom is 0.339 e. The van der Waals surface area contributed by atoms with Gasteiger partial charge in [-0.2, -0.15) is 0 Å². The molecule has 4 heteroatoms. The largest absolute Gasteiger partial charge is 0.478 e. The van der Waals surface area contributed by atoms with Crippen molar-refractivity contribution in [3.8, 4) is 0 Å². The Kier molecular flexibility index (Phi) is 5.53. The predicted molar refractivity (Wildman–Crippen MR) is 81.5 cm³/mol. The molecule has 1 unspecified atom stereocenters. The molecule has 0 aliphatic carbocycles. The number of carboxylic acids is 1. The number of hydrogen-bond acceptors (Lipinski definition) is 3. The Hall–Kier alpha value is -1.84. The average Bonchev–Trinajstić information content (AvgIpc) is 2.36. The van der Waals surface area contributed by atoms with Crippen molar-refractivity contribution >= 4 is 11.9 Å². The van der Waals surface area contributed by atoms with Crippen molar-refractivity contribution < 1.29 is 19.4 Å². The zero-order valence-corrected chi connectivity index (χ0v) is 13.3. The second-order valence-corrected chi connectivity index (χ2v) is 6.74. The highest BCUT2D eigenvalue weighted by Crippen LogP contribution is 2.28. The summed E-state index contributed by atoms with van der Waals surface area (Å²) in [7, 11) is 0. The van der Waals surface area contributed by atoms with Crippen LogP contribution in [0.25, 0.3) is 0 Å². The summed E-state index contributed by atoms with van der Waals surface area (Å²) >= 11 is 0. The Bertz CT molecular complexity index is 512. The van der Waals surface area contributed by atoms with Crippen molar-refractivity contribution in [1.82, 2.24) is 0 Å². The van der Waals surface area contributed by atoms with Crippen LogP contribution in [-0.2, 0) is 4.74 Å². The van der Waals surface area contributed by atoms with Crippen LogP contribution < -0.4 is 0 Å². The highest BCUT2D eigenvalue weighted by Gasteiger charge is 2.30. The molecule has 0 amide bonds. The molecule has 1 aromatic rings. The number of hydrogen-bond donors (Lipinski definition) is 1. The summed E-state index contributed by atoms with van der Waals surface area (Å²) in [5.41, 5.74) is -0.124. The normalized spacial score (nSPS) is 13.0. The molecule has 1 aromatic carbocycles.